The Kier molecular flexibility index (Phi) is 4.15. The maximum Gasteiger partial charge on any atom is 0.275 e. The molecule has 1 aliphatic carbocycles. The van der Waals surface area contributed by atoms with E-state index >= 15 is 0 Å². The number of hydrogen-bond acceptors (Lipinski definition) is 5. The average molecular weight is 392 g/mol. The molecule has 0 aliphatic heterocycles. The number of rotatable bonds is 6. The maximum atomic E-state index is 13.3. The van der Waals surface area contributed by atoms with Crippen molar-refractivity contribution in [3.05, 3.63) is 58.3 Å². The summed E-state index contributed by atoms with van der Waals surface area (Å²) in [5.74, 6) is 1.33. The number of para-hydroxylation sites is 1. The molecule has 0 N–H and O–H groups in total. The summed E-state index contributed by atoms with van der Waals surface area (Å²) in [7, 11) is 0. The van der Waals surface area contributed by atoms with Crippen molar-refractivity contribution in [1.82, 2.24) is 29.5 Å². The Balaban J connectivity index is 1.59. The largest absolute Gasteiger partial charge is 0.336 e. The Bertz CT molecular complexity index is 1220. The second kappa shape index (κ2) is 6.72. The standard InChI is InChI=1S/C21H24N6O2/c1-13(2)17-10-20(29-23-17)27-19-7-5-4-6-16(19)21(28)26(27)14(3)11-25-12-18(22-24-25)15-8-9-15/h4-7,10,12-15H,8-9,11H2,1-3H3. The zero-order valence-electron chi connectivity index (χ0n) is 16.8. The van der Waals surface area contributed by atoms with Crippen molar-refractivity contribution in [3.8, 4) is 5.88 Å². The molecule has 1 saturated carbocycles. The summed E-state index contributed by atoms with van der Waals surface area (Å²) in [5, 5.41) is 13.4. The number of aromatic nitrogens is 6. The van der Waals surface area contributed by atoms with Crippen LogP contribution in [0.4, 0.5) is 0 Å². The van der Waals surface area contributed by atoms with Gasteiger partial charge >= 0.3 is 0 Å². The lowest BCUT2D eigenvalue weighted by atomic mass is 10.1. The molecule has 0 radical (unpaired) electrons. The fourth-order valence-corrected chi connectivity index (χ4v) is 3.76. The SMILES string of the molecule is CC(C)c1cc(-n2c3ccccc3c(=O)n2C(C)Cn2cc(C3CC3)nn2)on1. The molecule has 29 heavy (non-hydrogen) atoms. The summed E-state index contributed by atoms with van der Waals surface area (Å²) in [6.07, 6.45) is 4.37. The van der Waals surface area contributed by atoms with Gasteiger partial charge in [0.2, 0.25) is 0 Å². The van der Waals surface area contributed by atoms with Crippen LogP contribution in [0.15, 0.2) is 45.8 Å². The van der Waals surface area contributed by atoms with E-state index in [1.54, 1.807) is 4.68 Å². The van der Waals surface area contributed by atoms with E-state index in [-0.39, 0.29) is 17.5 Å². The predicted octanol–water partition coefficient (Wildman–Crippen LogP) is 3.63. The van der Waals surface area contributed by atoms with E-state index in [4.69, 9.17) is 4.52 Å². The lowest BCUT2D eigenvalue weighted by Crippen LogP contribution is -2.28. The summed E-state index contributed by atoms with van der Waals surface area (Å²) in [6, 6.07) is 9.32. The highest BCUT2D eigenvalue weighted by Gasteiger charge is 2.27. The van der Waals surface area contributed by atoms with Crippen molar-refractivity contribution in [2.24, 2.45) is 0 Å². The van der Waals surface area contributed by atoms with Crippen LogP contribution >= 0.6 is 0 Å². The van der Waals surface area contributed by atoms with Crippen LogP contribution in [0.2, 0.25) is 0 Å². The van der Waals surface area contributed by atoms with Crippen LogP contribution < -0.4 is 5.56 Å². The molecule has 3 heterocycles. The molecule has 1 aromatic carbocycles. The molecule has 3 aromatic heterocycles. The second-order valence-electron chi connectivity index (χ2n) is 8.21. The van der Waals surface area contributed by atoms with Gasteiger partial charge in [0.25, 0.3) is 11.4 Å². The van der Waals surface area contributed by atoms with Gasteiger partial charge in [-0.1, -0.05) is 36.4 Å². The van der Waals surface area contributed by atoms with Gasteiger partial charge in [0.15, 0.2) is 0 Å². The molecule has 0 bridgehead atoms. The molecule has 0 amide bonds. The summed E-state index contributed by atoms with van der Waals surface area (Å²) >= 11 is 0. The van der Waals surface area contributed by atoms with Gasteiger partial charge < -0.3 is 4.52 Å². The molecule has 8 heteroatoms. The van der Waals surface area contributed by atoms with Gasteiger partial charge in [0, 0.05) is 18.2 Å². The number of nitrogens with zero attached hydrogens (tertiary/aromatic N) is 6. The highest BCUT2D eigenvalue weighted by atomic mass is 16.5. The lowest BCUT2D eigenvalue weighted by molar-refractivity contribution is 0.331. The van der Waals surface area contributed by atoms with Crippen molar-refractivity contribution in [1.29, 1.82) is 0 Å². The monoisotopic (exact) mass is 392 g/mol. The molecule has 0 saturated heterocycles. The third kappa shape index (κ3) is 3.08. The number of fused-ring (bicyclic) bond motifs is 1. The van der Waals surface area contributed by atoms with Crippen LogP contribution in [0.25, 0.3) is 16.8 Å². The van der Waals surface area contributed by atoms with Crippen LogP contribution in [0.3, 0.4) is 0 Å². The Morgan fingerprint density at radius 1 is 1.21 bits per heavy atom. The van der Waals surface area contributed by atoms with Crippen molar-refractivity contribution in [3.63, 3.8) is 0 Å². The fraction of sp³-hybridized carbons (Fsp3) is 0.429. The van der Waals surface area contributed by atoms with Gasteiger partial charge in [-0.05, 0) is 37.8 Å². The van der Waals surface area contributed by atoms with Crippen LogP contribution in [0.1, 0.15) is 62.9 Å². The summed E-state index contributed by atoms with van der Waals surface area (Å²) in [4.78, 5) is 13.3. The molecule has 5 rings (SSSR count). The number of benzene rings is 1. The lowest BCUT2D eigenvalue weighted by Gasteiger charge is -2.16. The smallest absolute Gasteiger partial charge is 0.275 e. The van der Waals surface area contributed by atoms with E-state index in [1.807, 2.05) is 52.8 Å². The summed E-state index contributed by atoms with van der Waals surface area (Å²) in [5.41, 5.74) is 2.64. The highest BCUT2D eigenvalue weighted by Crippen LogP contribution is 2.38. The molecular formula is C21H24N6O2. The Morgan fingerprint density at radius 2 is 2.00 bits per heavy atom. The molecule has 1 fully saturated rings. The first kappa shape index (κ1) is 17.9. The Hall–Kier alpha value is -3.16. The Morgan fingerprint density at radius 3 is 2.72 bits per heavy atom. The van der Waals surface area contributed by atoms with Crippen LogP contribution in [0.5, 0.6) is 0 Å². The molecule has 4 aromatic rings. The fourth-order valence-electron chi connectivity index (χ4n) is 3.76. The van der Waals surface area contributed by atoms with Gasteiger partial charge in [-0.25, -0.2) is 9.36 Å². The van der Waals surface area contributed by atoms with E-state index in [0.29, 0.717) is 23.7 Å². The first-order chi connectivity index (χ1) is 14.0. The van der Waals surface area contributed by atoms with Gasteiger partial charge in [-0.15, -0.1) is 5.10 Å². The van der Waals surface area contributed by atoms with Gasteiger partial charge in [0.1, 0.15) is 0 Å². The topological polar surface area (TPSA) is 83.7 Å². The average Bonchev–Trinajstić information content (AvgIpc) is 3.13. The highest BCUT2D eigenvalue weighted by molar-refractivity contribution is 5.79. The van der Waals surface area contributed by atoms with Crippen molar-refractivity contribution >= 4 is 10.9 Å². The quantitative estimate of drug-likeness (QED) is 0.500. The molecule has 1 aliphatic rings. The molecule has 1 atom stereocenters. The van der Waals surface area contributed by atoms with Crippen molar-refractivity contribution in [2.45, 2.75) is 58.0 Å². The first-order valence-electron chi connectivity index (χ1n) is 10.1. The van der Waals surface area contributed by atoms with Crippen LogP contribution in [0, 0.1) is 0 Å². The van der Waals surface area contributed by atoms with E-state index in [0.717, 1.165) is 16.9 Å². The van der Waals surface area contributed by atoms with Crippen LogP contribution in [-0.2, 0) is 6.54 Å². The van der Waals surface area contributed by atoms with Gasteiger partial charge in [-0.3, -0.25) is 9.48 Å². The first-order valence-corrected chi connectivity index (χ1v) is 10.1. The van der Waals surface area contributed by atoms with E-state index < -0.39 is 0 Å². The van der Waals surface area contributed by atoms with Crippen molar-refractivity contribution in [2.75, 3.05) is 0 Å². The minimum atomic E-state index is -0.156. The third-order valence-electron chi connectivity index (χ3n) is 5.52. The minimum absolute atomic E-state index is 0.0573. The molecule has 0 spiro atoms. The summed E-state index contributed by atoms with van der Waals surface area (Å²) < 4.78 is 11.0. The number of hydrogen-bond donors (Lipinski definition) is 0. The van der Waals surface area contributed by atoms with E-state index in [1.165, 1.54) is 12.8 Å². The zero-order valence-corrected chi connectivity index (χ0v) is 16.8. The molecule has 1 unspecified atom stereocenters. The molecule has 8 nitrogen and oxygen atoms in total. The molecule has 150 valence electrons. The normalized spacial score (nSPS) is 15.4. The zero-order chi connectivity index (χ0) is 20.1. The minimum Gasteiger partial charge on any atom is -0.336 e. The predicted molar refractivity (Wildman–Crippen MR) is 108 cm³/mol. The van der Waals surface area contributed by atoms with Crippen molar-refractivity contribution < 1.29 is 4.52 Å². The van der Waals surface area contributed by atoms with E-state index in [2.05, 4.69) is 29.3 Å². The van der Waals surface area contributed by atoms with Crippen LogP contribution in [-0.4, -0.2) is 29.5 Å². The third-order valence-corrected chi connectivity index (χ3v) is 5.52. The maximum absolute atomic E-state index is 13.3. The van der Waals surface area contributed by atoms with Gasteiger partial charge in [0.05, 0.1) is 34.9 Å². The van der Waals surface area contributed by atoms with E-state index in [9.17, 15) is 4.79 Å². The second-order valence-corrected chi connectivity index (χ2v) is 8.21. The Labute approximate surface area is 167 Å². The van der Waals surface area contributed by atoms with Gasteiger partial charge in [-0.2, -0.15) is 0 Å². The molecular weight excluding hydrogens is 368 g/mol. The summed E-state index contributed by atoms with van der Waals surface area (Å²) in [6.45, 7) is 6.68.